The van der Waals surface area contributed by atoms with Crippen molar-refractivity contribution in [1.29, 1.82) is 0 Å². The Bertz CT molecular complexity index is 967. The average molecular weight is 422 g/mol. The Morgan fingerprint density at radius 2 is 1.86 bits per heavy atom. The molecule has 2 heterocycles. The lowest BCUT2D eigenvalue weighted by molar-refractivity contribution is 0.0964. The molecule has 2 amide bonds. The fourth-order valence-corrected chi connectivity index (χ4v) is 5.56. The molecule has 150 valence electrons. The van der Waals surface area contributed by atoms with Gasteiger partial charge in [0.15, 0.2) is 0 Å². The summed E-state index contributed by atoms with van der Waals surface area (Å²) in [5.41, 5.74) is 0.710. The molecule has 9 heteroatoms. The lowest BCUT2D eigenvalue weighted by Gasteiger charge is -2.30. The fourth-order valence-electron chi connectivity index (χ4n) is 3.19. The van der Waals surface area contributed by atoms with Crippen LogP contribution in [0.5, 0.6) is 0 Å². The highest BCUT2D eigenvalue weighted by Crippen LogP contribution is 2.25. The number of piperidine rings is 1. The molecule has 1 saturated heterocycles. The van der Waals surface area contributed by atoms with Gasteiger partial charge in [-0.05, 0) is 54.5 Å². The van der Waals surface area contributed by atoms with Crippen molar-refractivity contribution < 1.29 is 18.0 Å². The van der Waals surface area contributed by atoms with E-state index in [-0.39, 0.29) is 10.8 Å². The average Bonchev–Trinajstić information content (AvgIpc) is 3.15. The number of amides is 2. The Labute approximate surface area is 168 Å². The van der Waals surface area contributed by atoms with E-state index >= 15 is 0 Å². The van der Waals surface area contributed by atoms with Crippen molar-refractivity contribution in [1.82, 2.24) is 9.62 Å². The number of thiophene rings is 1. The van der Waals surface area contributed by atoms with Crippen molar-refractivity contribution in [3.05, 3.63) is 46.8 Å². The van der Waals surface area contributed by atoms with Crippen LogP contribution in [0, 0.1) is 5.92 Å². The van der Waals surface area contributed by atoms with Gasteiger partial charge in [0.1, 0.15) is 5.00 Å². The second kappa shape index (κ2) is 8.42. The van der Waals surface area contributed by atoms with E-state index in [0.717, 1.165) is 12.8 Å². The van der Waals surface area contributed by atoms with Gasteiger partial charge in [0.25, 0.3) is 11.8 Å². The summed E-state index contributed by atoms with van der Waals surface area (Å²) in [6, 6.07) is 7.52. The molecule has 0 spiro atoms. The largest absolute Gasteiger partial charge is 0.355 e. The number of hydrogen-bond donors (Lipinski definition) is 2. The number of nitrogens with zero attached hydrogens (tertiary/aromatic N) is 1. The predicted molar refractivity (Wildman–Crippen MR) is 109 cm³/mol. The third kappa shape index (κ3) is 4.26. The van der Waals surface area contributed by atoms with Crippen LogP contribution in [-0.2, 0) is 10.0 Å². The highest BCUT2D eigenvalue weighted by atomic mass is 32.2. The summed E-state index contributed by atoms with van der Waals surface area (Å²) >= 11 is 1.25. The molecule has 1 aliphatic rings. The predicted octanol–water partition coefficient (Wildman–Crippen LogP) is 2.78. The minimum absolute atomic E-state index is 0.181. The van der Waals surface area contributed by atoms with Crippen LogP contribution < -0.4 is 10.6 Å². The van der Waals surface area contributed by atoms with Crippen LogP contribution in [0.15, 0.2) is 40.6 Å². The molecule has 1 aliphatic heterocycles. The molecule has 1 aromatic carbocycles. The van der Waals surface area contributed by atoms with Gasteiger partial charge < -0.3 is 10.6 Å². The number of carbonyl (C=O) groups is 2. The van der Waals surface area contributed by atoms with E-state index in [2.05, 4.69) is 10.6 Å². The van der Waals surface area contributed by atoms with Gasteiger partial charge in [-0.3, -0.25) is 9.59 Å². The number of sulfonamides is 1. The monoisotopic (exact) mass is 421 g/mol. The molecule has 3 rings (SSSR count). The second-order valence-electron chi connectivity index (χ2n) is 6.83. The van der Waals surface area contributed by atoms with E-state index in [4.69, 9.17) is 0 Å². The van der Waals surface area contributed by atoms with Gasteiger partial charge in [-0.25, -0.2) is 8.42 Å². The van der Waals surface area contributed by atoms with E-state index < -0.39 is 15.9 Å². The molecule has 1 atom stereocenters. The summed E-state index contributed by atoms with van der Waals surface area (Å²) in [4.78, 5) is 24.5. The van der Waals surface area contributed by atoms with Crippen molar-refractivity contribution in [3.8, 4) is 0 Å². The molecular formula is C19H23N3O4S2. The Hall–Kier alpha value is -2.23. The number of hydrogen-bond acceptors (Lipinski definition) is 5. The highest BCUT2D eigenvalue weighted by Gasteiger charge is 2.28. The lowest BCUT2D eigenvalue weighted by atomic mass is 10.0. The van der Waals surface area contributed by atoms with Crippen LogP contribution >= 0.6 is 11.3 Å². The first-order chi connectivity index (χ1) is 13.3. The first-order valence-corrected chi connectivity index (χ1v) is 11.4. The van der Waals surface area contributed by atoms with Crippen LogP contribution in [0.1, 0.15) is 40.5 Å². The molecule has 0 bridgehead atoms. The van der Waals surface area contributed by atoms with E-state index in [0.29, 0.717) is 35.1 Å². The smallest absolute Gasteiger partial charge is 0.256 e. The van der Waals surface area contributed by atoms with Crippen molar-refractivity contribution in [2.75, 3.05) is 25.5 Å². The maximum Gasteiger partial charge on any atom is 0.256 e. The molecule has 1 fully saturated rings. The van der Waals surface area contributed by atoms with Gasteiger partial charge in [0.05, 0.1) is 10.5 Å². The standard InChI is InChI=1S/C19H23N3O4S2/c1-13-4-3-10-22(12-13)28(25,26)15-7-5-14(6-8-15)17(23)21-19-16(9-11-27-19)18(24)20-2/h5-9,11,13H,3-4,10,12H2,1-2H3,(H,20,24)(H,21,23)/t13-/m1/s1. The van der Waals surface area contributed by atoms with Crippen molar-refractivity contribution in [2.45, 2.75) is 24.7 Å². The van der Waals surface area contributed by atoms with Crippen LogP contribution in [-0.4, -0.2) is 44.7 Å². The van der Waals surface area contributed by atoms with Gasteiger partial charge in [-0.2, -0.15) is 4.31 Å². The quantitative estimate of drug-likeness (QED) is 0.776. The molecule has 2 aromatic rings. The van der Waals surface area contributed by atoms with E-state index in [1.54, 1.807) is 11.4 Å². The summed E-state index contributed by atoms with van der Waals surface area (Å²) in [6.07, 6.45) is 1.89. The minimum Gasteiger partial charge on any atom is -0.355 e. The van der Waals surface area contributed by atoms with Crippen LogP contribution in [0.3, 0.4) is 0 Å². The third-order valence-corrected chi connectivity index (χ3v) is 7.45. The first-order valence-electron chi connectivity index (χ1n) is 9.04. The van der Waals surface area contributed by atoms with E-state index in [1.807, 2.05) is 6.92 Å². The topological polar surface area (TPSA) is 95.6 Å². The first kappa shape index (κ1) is 20.5. The normalized spacial score (nSPS) is 17.9. The van der Waals surface area contributed by atoms with Gasteiger partial charge >= 0.3 is 0 Å². The Morgan fingerprint density at radius 1 is 1.14 bits per heavy atom. The molecule has 1 aromatic heterocycles. The molecule has 0 saturated carbocycles. The Kier molecular flexibility index (Phi) is 6.17. The summed E-state index contributed by atoms with van der Waals surface area (Å²) in [5.74, 6) is -0.342. The number of benzene rings is 1. The van der Waals surface area contributed by atoms with Gasteiger partial charge in [-0.1, -0.05) is 6.92 Å². The van der Waals surface area contributed by atoms with E-state index in [1.165, 1.54) is 47.0 Å². The Morgan fingerprint density at radius 3 is 2.50 bits per heavy atom. The SMILES string of the molecule is CNC(=O)c1ccsc1NC(=O)c1ccc(S(=O)(=O)N2CCC[C@@H](C)C2)cc1. The fraction of sp³-hybridized carbons (Fsp3) is 0.368. The summed E-state index contributed by atoms with van der Waals surface area (Å²) in [7, 11) is -2.04. The number of nitrogens with one attached hydrogen (secondary N) is 2. The van der Waals surface area contributed by atoms with Crippen LogP contribution in [0.2, 0.25) is 0 Å². The Balaban J connectivity index is 1.74. The van der Waals surface area contributed by atoms with Crippen LogP contribution in [0.25, 0.3) is 0 Å². The third-order valence-electron chi connectivity index (χ3n) is 4.74. The summed E-state index contributed by atoms with van der Waals surface area (Å²) in [6.45, 7) is 3.09. The van der Waals surface area contributed by atoms with E-state index in [9.17, 15) is 18.0 Å². The summed E-state index contributed by atoms with van der Waals surface area (Å²) in [5, 5.41) is 7.40. The summed E-state index contributed by atoms with van der Waals surface area (Å²) < 4.78 is 27.1. The van der Waals surface area contributed by atoms with Crippen LogP contribution in [0.4, 0.5) is 5.00 Å². The van der Waals surface area contributed by atoms with Gasteiger partial charge in [-0.15, -0.1) is 11.3 Å². The van der Waals surface area contributed by atoms with Gasteiger partial charge in [0, 0.05) is 25.7 Å². The van der Waals surface area contributed by atoms with Crippen molar-refractivity contribution in [2.24, 2.45) is 5.92 Å². The molecule has 0 aliphatic carbocycles. The van der Waals surface area contributed by atoms with Crippen molar-refractivity contribution >= 4 is 38.2 Å². The number of carbonyl (C=O) groups excluding carboxylic acids is 2. The highest BCUT2D eigenvalue weighted by molar-refractivity contribution is 7.89. The number of rotatable bonds is 5. The molecule has 2 N–H and O–H groups in total. The minimum atomic E-state index is -3.56. The molecule has 7 nitrogen and oxygen atoms in total. The van der Waals surface area contributed by atoms with Gasteiger partial charge in [0.2, 0.25) is 10.0 Å². The second-order valence-corrected chi connectivity index (χ2v) is 9.69. The zero-order chi connectivity index (χ0) is 20.3. The van der Waals surface area contributed by atoms with Crippen molar-refractivity contribution in [3.63, 3.8) is 0 Å². The molecule has 28 heavy (non-hydrogen) atoms. The maximum absolute atomic E-state index is 12.8. The maximum atomic E-state index is 12.8. The molecule has 0 radical (unpaired) electrons. The lowest BCUT2D eigenvalue weighted by Crippen LogP contribution is -2.39. The number of anilines is 1. The zero-order valence-electron chi connectivity index (χ0n) is 15.8. The molecular weight excluding hydrogens is 398 g/mol. The molecule has 0 unspecified atom stereocenters. The zero-order valence-corrected chi connectivity index (χ0v) is 17.4.